The van der Waals surface area contributed by atoms with Crippen molar-refractivity contribution in [1.29, 1.82) is 0 Å². The Hall–Kier alpha value is -2.03. The van der Waals surface area contributed by atoms with Gasteiger partial charge in [0.2, 0.25) is 5.91 Å². The van der Waals surface area contributed by atoms with Crippen molar-refractivity contribution in [2.45, 2.75) is 32.0 Å². The van der Waals surface area contributed by atoms with Gasteiger partial charge in [0.1, 0.15) is 12.4 Å². The average molecular weight is 423 g/mol. The molecule has 0 bridgehead atoms. The molecule has 1 amide bonds. The molecule has 0 aliphatic heterocycles. The number of rotatable bonds is 6. The zero-order chi connectivity index (χ0) is 19.0. The topological polar surface area (TPSA) is 53.9 Å². The second kappa shape index (κ2) is 7.53. The standard InChI is InChI=1S/C18H16ClFN4OS2/c19-13-3-1-4-14(20)12(13)9-23(11-6-7-11)16(25)10-24-17(21-22-18(24)26)15-5-2-8-27-15/h1-5,8,11H,6-7,9-10H2,(H,22,26). The first-order valence-corrected chi connectivity index (χ1v) is 10.1. The minimum Gasteiger partial charge on any atom is -0.334 e. The molecule has 0 radical (unpaired) electrons. The van der Waals surface area contributed by atoms with E-state index in [2.05, 4.69) is 10.2 Å². The number of benzene rings is 1. The number of amides is 1. The van der Waals surface area contributed by atoms with Crippen LogP contribution in [0.25, 0.3) is 10.7 Å². The minimum absolute atomic E-state index is 0.0468. The minimum atomic E-state index is -0.403. The number of halogens is 2. The first-order valence-electron chi connectivity index (χ1n) is 8.46. The molecular formula is C18H16ClFN4OS2. The molecule has 1 aromatic carbocycles. The van der Waals surface area contributed by atoms with Gasteiger partial charge < -0.3 is 4.90 Å². The summed E-state index contributed by atoms with van der Waals surface area (Å²) in [6, 6.07) is 8.51. The summed E-state index contributed by atoms with van der Waals surface area (Å²) in [6.07, 6.45) is 1.82. The van der Waals surface area contributed by atoms with Crippen LogP contribution in [-0.2, 0) is 17.9 Å². The maximum atomic E-state index is 14.2. The number of carbonyl (C=O) groups is 1. The number of aromatic amines is 1. The Morgan fingerprint density at radius 2 is 2.22 bits per heavy atom. The molecule has 0 atom stereocenters. The quantitative estimate of drug-likeness (QED) is 0.588. The summed E-state index contributed by atoms with van der Waals surface area (Å²) >= 11 is 13.0. The van der Waals surface area contributed by atoms with Gasteiger partial charge in [-0.15, -0.1) is 11.3 Å². The normalized spacial score (nSPS) is 13.7. The van der Waals surface area contributed by atoms with E-state index in [0.29, 0.717) is 21.2 Å². The first kappa shape index (κ1) is 18.3. The van der Waals surface area contributed by atoms with Crippen molar-refractivity contribution < 1.29 is 9.18 Å². The van der Waals surface area contributed by atoms with Crippen LogP contribution in [0.15, 0.2) is 35.7 Å². The predicted octanol–water partition coefficient (Wildman–Crippen LogP) is 4.65. The number of nitrogens with zero attached hydrogens (tertiary/aromatic N) is 3. The fraction of sp³-hybridized carbons (Fsp3) is 0.278. The summed E-state index contributed by atoms with van der Waals surface area (Å²) < 4.78 is 16.3. The van der Waals surface area contributed by atoms with Gasteiger partial charge in [-0.1, -0.05) is 23.7 Å². The maximum Gasteiger partial charge on any atom is 0.243 e. The van der Waals surface area contributed by atoms with E-state index in [4.69, 9.17) is 23.8 Å². The van der Waals surface area contributed by atoms with Gasteiger partial charge in [-0.05, 0) is 48.6 Å². The van der Waals surface area contributed by atoms with Gasteiger partial charge in [-0.2, -0.15) is 5.10 Å². The van der Waals surface area contributed by atoms with Gasteiger partial charge in [0.25, 0.3) is 0 Å². The van der Waals surface area contributed by atoms with Crippen LogP contribution < -0.4 is 0 Å². The van der Waals surface area contributed by atoms with Crippen molar-refractivity contribution in [2.24, 2.45) is 0 Å². The lowest BCUT2D eigenvalue weighted by molar-refractivity contribution is -0.133. The highest BCUT2D eigenvalue weighted by Gasteiger charge is 2.34. The Morgan fingerprint density at radius 1 is 1.41 bits per heavy atom. The smallest absolute Gasteiger partial charge is 0.243 e. The first-order chi connectivity index (χ1) is 13.0. The third-order valence-corrected chi connectivity index (χ3v) is 6.02. The van der Waals surface area contributed by atoms with E-state index in [1.165, 1.54) is 17.4 Å². The van der Waals surface area contributed by atoms with Crippen molar-refractivity contribution in [3.8, 4) is 10.7 Å². The lowest BCUT2D eigenvalue weighted by Gasteiger charge is -2.24. The molecule has 1 saturated carbocycles. The van der Waals surface area contributed by atoms with Crippen LogP contribution in [0.5, 0.6) is 0 Å². The van der Waals surface area contributed by atoms with Crippen LogP contribution in [-0.4, -0.2) is 31.6 Å². The largest absolute Gasteiger partial charge is 0.334 e. The van der Waals surface area contributed by atoms with Crippen molar-refractivity contribution >= 4 is 41.1 Å². The monoisotopic (exact) mass is 422 g/mol. The van der Waals surface area contributed by atoms with Crippen LogP contribution >= 0.6 is 35.2 Å². The van der Waals surface area contributed by atoms with Crippen molar-refractivity contribution in [2.75, 3.05) is 0 Å². The lowest BCUT2D eigenvalue weighted by Crippen LogP contribution is -2.35. The van der Waals surface area contributed by atoms with Crippen LogP contribution in [0, 0.1) is 10.6 Å². The molecule has 0 spiro atoms. The van der Waals surface area contributed by atoms with E-state index >= 15 is 0 Å². The van der Waals surface area contributed by atoms with E-state index in [9.17, 15) is 9.18 Å². The predicted molar refractivity (Wildman–Crippen MR) is 106 cm³/mol. The van der Waals surface area contributed by atoms with E-state index in [1.807, 2.05) is 17.5 Å². The summed E-state index contributed by atoms with van der Waals surface area (Å²) in [6.45, 7) is 0.194. The molecule has 9 heteroatoms. The third-order valence-electron chi connectivity index (χ3n) is 4.49. The van der Waals surface area contributed by atoms with Crippen molar-refractivity contribution in [3.05, 3.63) is 56.9 Å². The van der Waals surface area contributed by atoms with Gasteiger partial charge in [0, 0.05) is 16.6 Å². The molecule has 1 N–H and O–H groups in total. The molecule has 3 aromatic rings. The fourth-order valence-corrected chi connectivity index (χ4v) is 4.09. The van der Waals surface area contributed by atoms with Crippen molar-refractivity contribution in [1.82, 2.24) is 19.7 Å². The van der Waals surface area contributed by atoms with Gasteiger partial charge >= 0.3 is 0 Å². The Bertz CT molecular complexity index is 1010. The van der Waals surface area contributed by atoms with Gasteiger partial charge in [-0.25, -0.2) is 4.39 Å². The molecule has 1 fully saturated rings. The summed E-state index contributed by atoms with van der Waals surface area (Å²) in [5, 5.41) is 9.27. The fourth-order valence-electron chi connectivity index (χ4n) is 2.95. The molecule has 140 valence electrons. The molecule has 27 heavy (non-hydrogen) atoms. The molecule has 1 aliphatic rings. The number of nitrogens with one attached hydrogen (secondary N) is 1. The molecular weight excluding hydrogens is 407 g/mol. The second-order valence-electron chi connectivity index (χ2n) is 6.37. The highest BCUT2D eigenvalue weighted by molar-refractivity contribution is 7.71. The summed E-state index contributed by atoms with van der Waals surface area (Å²) in [7, 11) is 0. The third kappa shape index (κ3) is 3.83. The number of thiophene rings is 1. The van der Waals surface area contributed by atoms with E-state index < -0.39 is 5.82 Å². The summed E-state index contributed by atoms with van der Waals surface area (Å²) in [5.74, 6) is 0.0929. The van der Waals surface area contributed by atoms with E-state index in [1.54, 1.807) is 21.6 Å². The number of hydrogen-bond donors (Lipinski definition) is 1. The number of H-pyrrole nitrogens is 1. The summed E-state index contributed by atoms with van der Waals surface area (Å²) in [4.78, 5) is 15.7. The van der Waals surface area contributed by atoms with Crippen LogP contribution in [0.1, 0.15) is 18.4 Å². The van der Waals surface area contributed by atoms with E-state index in [0.717, 1.165) is 17.7 Å². The summed E-state index contributed by atoms with van der Waals surface area (Å²) in [5.41, 5.74) is 0.341. The molecule has 1 aliphatic carbocycles. The van der Waals surface area contributed by atoms with Gasteiger partial charge in [0.15, 0.2) is 10.6 Å². The maximum absolute atomic E-state index is 14.2. The molecule has 4 rings (SSSR count). The zero-order valence-electron chi connectivity index (χ0n) is 14.2. The molecule has 2 aromatic heterocycles. The highest BCUT2D eigenvalue weighted by atomic mass is 35.5. The van der Waals surface area contributed by atoms with Gasteiger partial charge in [0.05, 0.1) is 11.4 Å². The molecule has 2 heterocycles. The van der Waals surface area contributed by atoms with Crippen LogP contribution in [0.2, 0.25) is 5.02 Å². The molecule has 0 unspecified atom stereocenters. The van der Waals surface area contributed by atoms with Gasteiger partial charge in [-0.3, -0.25) is 14.5 Å². The molecule has 0 saturated heterocycles. The Kier molecular flexibility index (Phi) is 5.12. The van der Waals surface area contributed by atoms with Crippen LogP contribution in [0.4, 0.5) is 4.39 Å². The zero-order valence-corrected chi connectivity index (χ0v) is 16.6. The Balaban J connectivity index is 1.60. The number of carbonyl (C=O) groups excluding carboxylic acids is 1. The van der Waals surface area contributed by atoms with E-state index in [-0.39, 0.29) is 25.0 Å². The lowest BCUT2D eigenvalue weighted by atomic mass is 10.2. The second-order valence-corrected chi connectivity index (χ2v) is 8.11. The molecule has 5 nitrogen and oxygen atoms in total. The highest BCUT2D eigenvalue weighted by Crippen LogP contribution is 2.31. The Labute approximate surface area is 169 Å². The Morgan fingerprint density at radius 3 is 2.89 bits per heavy atom. The average Bonchev–Trinajstić information content (AvgIpc) is 3.20. The number of aromatic nitrogens is 3. The van der Waals surface area contributed by atoms with Crippen molar-refractivity contribution in [3.63, 3.8) is 0 Å². The van der Waals surface area contributed by atoms with Crippen LogP contribution in [0.3, 0.4) is 0 Å². The number of hydrogen-bond acceptors (Lipinski definition) is 4. The SMILES string of the molecule is O=C(Cn1c(-c2cccs2)n[nH]c1=S)N(Cc1c(F)cccc1Cl)C1CC1.